The highest BCUT2D eigenvalue weighted by atomic mass is 16.7. The average molecular weight is 406 g/mol. The van der Waals surface area contributed by atoms with Crippen LogP contribution in [0.5, 0.6) is 17.2 Å². The third-order valence-electron chi connectivity index (χ3n) is 4.78. The van der Waals surface area contributed by atoms with Gasteiger partial charge >= 0.3 is 0 Å². The van der Waals surface area contributed by atoms with Gasteiger partial charge < -0.3 is 33.5 Å². The van der Waals surface area contributed by atoms with Crippen LogP contribution in [0.2, 0.25) is 0 Å². The molecule has 29 heavy (non-hydrogen) atoms. The summed E-state index contributed by atoms with van der Waals surface area (Å²) in [5, 5.41) is 6.85. The van der Waals surface area contributed by atoms with Crippen LogP contribution in [-0.4, -0.2) is 57.9 Å². The first kappa shape index (κ1) is 20.9. The van der Waals surface area contributed by atoms with Gasteiger partial charge in [0, 0.05) is 18.5 Å². The lowest BCUT2D eigenvalue weighted by molar-refractivity contribution is -0.145. The molecule has 0 spiro atoms. The summed E-state index contributed by atoms with van der Waals surface area (Å²) in [5.41, 5.74) is 1.41. The van der Waals surface area contributed by atoms with Gasteiger partial charge in [-0.2, -0.15) is 0 Å². The zero-order chi connectivity index (χ0) is 21.0. The molecule has 1 aliphatic heterocycles. The van der Waals surface area contributed by atoms with E-state index in [1.165, 1.54) is 21.3 Å². The fourth-order valence-electron chi connectivity index (χ4n) is 3.24. The molecule has 1 saturated heterocycles. The summed E-state index contributed by atoms with van der Waals surface area (Å²) in [6.45, 7) is 5.07. The van der Waals surface area contributed by atoms with Crippen LogP contribution in [0.25, 0.3) is 11.3 Å². The molecule has 158 valence electrons. The van der Waals surface area contributed by atoms with Crippen molar-refractivity contribution < 1.29 is 33.0 Å². The van der Waals surface area contributed by atoms with Gasteiger partial charge in [-0.25, -0.2) is 0 Å². The van der Waals surface area contributed by atoms with E-state index in [1.807, 2.05) is 6.92 Å². The van der Waals surface area contributed by atoms with Crippen molar-refractivity contribution in [2.75, 3.05) is 41.1 Å². The van der Waals surface area contributed by atoms with Gasteiger partial charge in [-0.05, 0) is 26.0 Å². The largest absolute Gasteiger partial charge is 0.493 e. The molecule has 1 N–H and O–H groups in total. The van der Waals surface area contributed by atoms with E-state index in [9.17, 15) is 4.79 Å². The predicted octanol–water partition coefficient (Wildman–Crippen LogP) is 2.56. The molecule has 0 bridgehead atoms. The fourth-order valence-corrected chi connectivity index (χ4v) is 3.24. The summed E-state index contributed by atoms with van der Waals surface area (Å²) in [6, 6.07) is 3.42. The lowest BCUT2D eigenvalue weighted by atomic mass is 10.0. The second-order valence-electron chi connectivity index (χ2n) is 6.72. The molecule has 1 fully saturated rings. The Hall–Kier alpha value is -2.78. The molecule has 0 saturated carbocycles. The third kappa shape index (κ3) is 4.30. The summed E-state index contributed by atoms with van der Waals surface area (Å²) in [4.78, 5) is 12.9. The van der Waals surface area contributed by atoms with Crippen LogP contribution in [0.15, 0.2) is 16.7 Å². The topological polar surface area (TPSA) is 101 Å². The van der Waals surface area contributed by atoms with E-state index in [-0.39, 0.29) is 5.91 Å². The molecular weight excluding hydrogens is 380 g/mol. The molecule has 3 rings (SSSR count). The maximum absolute atomic E-state index is 12.9. The fraction of sp³-hybridized carbons (Fsp3) is 0.500. The van der Waals surface area contributed by atoms with Gasteiger partial charge in [0.2, 0.25) is 5.75 Å². The van der Waals surface area contributed by atoms with Gasteiger partial charge in [-0.1, -0.05) is 5.16 Å². The molecule has 9 nitrogen and oxygen atoms in total. The first-order valence-corrected chi connectivity index (χ1v) is 9.25. The quantitative estimate of drug-likeness (QED) is 0.714. The number of aryl methyl sites for hydroxylation is 1. The molecule has 0 unspecified atom stereocenters. The van der Waals surface area contributed by atoms with E-state index in [1.54, 1.807) is 19.1 Å². The van der Waals surface area contributed by atoms with Gasteiger partial charge in [0.1, 0.15) is 5.56 Å². The van der Waals surface area contributed by atoms with Gasteiger partial charge in [0.25, 0.3) is 5.91 Å². The molecule has 1 amide bonds. The van der Waals surface area contributed by atoms with Crippen molar-refractivity contribution in [1.82, 2.24) is 10.5 Å². The Morgan fingerprint density at radius 1 is 1.14 bits per heavy atom. The van der Waals surface area contributed by atoms with E-state index >= 15 is 0 Å². The third-order valence-corrected chi connectivity index (χ3v) is 4.78. The Bertz CT molecular complexity index is 847. The number of hydrogen-bond acceptors (Lipinski definition) is 8. The number of rotatable bonds is 8. The van der Waals surface area contributed by atoms with Gasteiger partial charge in [0.05, 0.1) is 40.2 Å². The van der Waals surface area contributed by atoms with Crippen molar-refractivity contribution in [1.29, 1.82) is 0 Å². The lowest BCUT2D eigenvalue weighted by Crippen LogP contribution is -2.33. The Morgan fingerprint density at radius 2 is 1.76 bits per heavy atom. The molecule has 0 aliphatic carbocycles. The molecule has 0 atom stereocenters. The molecular formula is C20H26N2O7. The number of benzene rings is 1. The van der Waals surface area contributed by atoms with Crippen molar-refractivity contribution in [3.63, 3.8) is 0 Å². The SMILES string of the molecule is COc1cc(-c2onc(C)c2C(=O)NCCC2(C)OCCO2)cc(OC)c1OC. The molecule has 1 aromatic heterocycles. The standard InChI is InChI=1S/C20H26N2O7/c1-12-16(19(23)21-7-6-20(2)27-8-9-28-20)17(29-22-12)13-10-14(24-3)18(26-5)15(11-13)25-4/h10-11H,6-9H2,1-5H3,(H,21,23). The Balaban J connectivity index is 1.84. The highest BCUT2D eigenvalue weighted by Gasteiger charge is 2.31. The molecule has 1 aromatic carbocycles. The van der Waals surface area contributed by atoms with Gasteiger partial charge in [-0.15, -0.1) is 0 Å². The van der Waals surface area contributed by atoms with Gasteiger partial charge in [0.15, 0.2) is 23.0 Å². The second-order valence-corrected chi connectivity index (χ2v) is 6.72. The van der Waals surface area contributed by atoms with E-state index in [2.05, 4.69) is 10.5 Å². The number of aromatic nitrogens is 1. The van der Waals surface area contributed by atoms with Crippen molar-refractivity contribution in [2.45, 2.75) is 26.1 Å². The highest BCUT2D eigenvalue weighted by Crippen LogP contribution is 2.42. The number of nitrogens with one attached hydrogen (secondary N) is 1. The number of carbonyl (C=O) groups is 1. The maximum Gasteiger partial charge on any atom is 0.257 e. The zero-order valence-corrected chi connectivity index (χ0v) is 17.3. The van der Waals surface area contributed by atoms with E-state index in [0.717, 1.165) is 0 Å². The first-order valence-electron chi connectivity index (χ1n) is 9.25. The monoisotopic (exact) mass is 406 g/mol. The highest BCUT2D eigenvalue weighted by molar-refractivity contribution is 6.00. The number of ether oxygens (including phenoxy) is 5. The minimum Gasteiger partial charge on any atom is -0.493 e. The van der Waals surface area contributed by atoms with E-state index in [0.29, 0.717) is 66.0 Å². The number of amides is 1. The Kier molecular flexibility index (Phi) is 6.29. The first-order chi connectivity index (χ1) is 13.9. The van der Waals surface area contributed by atoms with Crippen LogP contribution in [0, 0.1) is 6.92 Å². The lowest BCUT2D eigenvalue weighted by Gasteiger charge is -2.22. The number of hydrogen-bond donors (Lipinski definition) is 1. The number of nitrogens with zero attached hydrogens (tertiary/aromatic N) is 1. The normalized spacial score (nSPS) is 15.2. The minimum atomic E-state index is -0.670. The van der Waals surface area contributed by atoms with Crippen molar-refractivity contribution in [3.05, 3.63) is 23.4 Å². The minimum absolute atomic E-state index is 0.297. The predicted molar refractivity (Wildman–Crippen MR) is 104 cm³/mol. The van der Waals surface area contributed by atoms with Crippen molar-refractivity contribution >= 4 is 5.91 Å². The summed E-state index contributed by atoms with van der Waals surface area (Å²) >= 11 is 0. The maximum atomic E-state index is 12.9. The average Bonchev–Trinajstić information content (AvgIpc) is 3.32. The van der Waals surface area contributed by atoms with Crippen LogP contribution < -0.4 is 19.5 Å². The second kappa shape index (κ2) is 8.71. The van der Waals surface area contributed by atoms with Crippen LogP contribution in [0.4, 0.5) is 0 Å². The molecule has 2 heterocycles. The van der Waals surface area contributed by atoms with Crippen LogP contribution in [0.3, 0.4) is 0 Å². The Morgan fingerprint density at radius 3 is 2.31 bits per heavy atom. The Labute approximate surface area is 169 Å². The van der Waals surface area contributed by atoms with E-state index < -0.39 is 5.79 Å². The molecule has 2 aromatic rings. The van der Waals surface area contributed by atoms with E-state index in [4.69, 9.17) is 28.2 Å². The summed E-state index contributed by atoms with van der Waals surface area (Å²) < 4.78 is 32.7. The van der Waals surface area contributed by atoms with Crippen molar-refractivity contribution in [3.8, 4) is 28.6 Å². The summed E-state index contributed by atoms with van der Waals surface area (Å²) in [7, 11) is 4.57. The zero-order valence-electron chi connectivity index (χ0n) is 17.3. The summed E-state index contributed by atoms with van der Waals surface area (Å²) in [5.74, 6) is 0.700. The molecule has 1 aliphatic rings. The number of methoxy groups -OCH3 is 3. The summed E-state index contributed by atoms with van der Waals surface area (Å²) in [6.07, 6.45) is 0.530. The number of carbonyl (C=O) groups excluding carboxylic acids is 1. The van der Waals surface area contributed by atoms with Gasteiger partial charge in [-0.3, -0.25) is 4.79 Å². The molecule has 0 radical (unpaired) electrons. The molecule has 9 heteroatoms. The van der Waals surface area contributed by atoms with Crippen molar-refractivity contribution in [2.24, 2.45) is 0 Å². The van der Waals surface area contributed by atoms with Crippen LogP contribution in [0.1, 0.15) is 29.4 Å². The van der Waals surface area contributed by atoms with Crippen LogP contribution >= 0.6 is 0 Å². The van der Waals surface area contributed by atoms with Crippen LogP contribution in [-0.2, 0) is 9.47 Å². The smallest absolute Gasteiger partial charge is 0.257 e.